The van der Waals surface area contributed by atoms with Gasteiger partial charge >= 0.3 is 0 Å². The maximum atomic E-state index is 11.6. The van der Waals surface area contributed by atoms with Gasteiger partial charge in [0.1, 0.15) is 16.3 Å². The van der Waals surface area contributed by atoms with Crippen LogP contribution in [0.15, 0.2) is 62.5 Å². The number of hydrogen-bond donors (Lipinski definition) is 4. The summed E-state index contributed by atoms with van der Waals surface area (Å²) >= 11 is 0. The highest BCUT2D eigenvalue weighted by Gasteiger charge is 2.18. The van der Waals surface area contributed by atoms with Crippen molar-refractivity contribution in [2.75, 3.05) is 0 Å². The van der Waals surface area contributed by atoms with E-state index in [0.29, 0.717) is 10.9 Å². The Morgan fingerprint density at radius 1 is 0.867 bits per heavy atom. The fraction of sp³-hybridized carbons (Fsp3) is 0.111. The number of aliphatic hydroxyl groups excluding tert-OH is 1. The number of rotatable bonds is 5. The average molecular weight is 452 g/mol. The van der Waals surface area contributed by atoms with E-state index in [9.17, 15) is 31.0 Å². The number of phenolic OH excluding ortho intramolecular Hbond substituents is 1. The first-order valence-electron chi connectivity index (χ1n) is 8.28. The Hall–Kier alpha value is -2.90. The molecule has 4 N–H and O–H groups in total. The van der Waals surface area contributed by atoms with Crippen molar-refractivity contribution in [1.29, 1.82) is 0 Å². The van der Waals surface area contributed by atoms with Crippen LogP contribution in [0.1, 0.15) is 11.1 Å². The highest BCUT2D eigenvalue weighted by atomic mass is 32.2. The molecule has 0 aliphatic rings. The molecule has 0 saturated carbocycles. The van der Waals surface area contributed by atoms with Crippen molar-refractivity contribution < 1.29 is 36.2 Å². The van der Waals surface area contributed by atoms with Crippen LogP contribution >= 0.6 is 0 Å². The quantitative estimate of drug-likeness (QED) is 0.337. The fourth-order valence-corrected chi connectivity index (χ4v) is 4.17. The second-order valence-corrected chi connectivity index (χ2v) is 9.19. The Balaban J connectivity index is 2.13. The van der Waals surface area contributed by atoms with Gasteiger partial charge in [0.2, 0.25) is 0 Å². The van der Waals surface area contributed by atoms with Crippen molar-refractivity contribution in [3.63, 3.8) is 0 Å². The first-order valence-corrected chi connectivity index (χ1v) is 11.2. The lowest BCUT2D eigenvalue weighted by Gasteiger charge is -2.09. The van der Waals surface area contributed by atoms with E-state index in [1.165, 1.54) is 43.3 Å². The molecule has 12 heteroatoms. The largest absolute Gasteiger partial charge is 0.505 e. The normalized spacial score (nSPS) is 12.7. The van der Waals surface area contributed by atoms with E-state index in [2.05, 4.69) is 10.2 Å². The van der Waals surface area contributed by atoms with Crippen molar-refractivity contribution in [2.24, 2.45) is 10.2 Å². The predicted octanol–water partition coefficient (Wildman–Crippen LogP) is 3.25. The molecule has 0 saturated heterocycles. The number of aromatic hydroxyl groups is 1. The Morgan fingerprint density at radius 3 is 2.10 bits per heavy atom. The minimum atomic E-state index is -4.65. The summed E-state index contributed by atoms with van der Waals surface area (Å²) < 4.78 is 64.5. The molecule has 0 bridgehead atoms. The summed E-state index contributed by atoms with van der Waals surface area (Å²) in [6, 6.07) is 8.81. The summed E-state index contributed by atoms with van der Waals surface area (Å²) in [5, 5.41) is 27.9. The molecule has 0 atom stereocenters. The summed E-state index contributed by atoms with van der Waals surface area (Å²) in [6.07, 6.45) is 0. The Morgan fingerprint density at radius 2 is 1.50 bits per heavy atom. The van der Waals surface area contributed by atoms with Crippen LogP contribution in [0, 0.1) is 6.92 Å². The van der Waals surface area contributed by atoms with Crippen LogP contribution in [-0.2, 0) is 26.8 Å². The number of fused-ring (bicyclic) bond motifs is 1. The standard InChI is InChI=1S/C18H16N2O8S2/c1-10-6-13(29(23,24)25)8-12-3-5-15(18(22)17(10)12)20-19-14-4-2-11(9-21)7-16(14)30(26,27)28/h2-8,21-22H,9H2,1H3,(H,23,24,25)(H,26,27,28). The number of aryl methyl sites for hydroxylation is 1. The van der Waals surface area contributed by atoms with Crippen LogP contribution in [0.4, 0.5) is 11.4 Å². The van der Waals surface area contributed by atoms with Crippen LogP contribution in [0.3, 0.4) is 0 Å². The van der Waals surface area contributed by atoms with Crippen LogP contribution in [0.5, 0.6) is 5.75 Å². The molecule has 0 aliphatic carbocycles. The van der Waals surface area contributed by atoms with E-state index < -0.39 is 31.7 Å². The summed E-state index contributed by atoms with van der Waals surface area (Å²) in [7, 11) is -9.08. The lowest BCUT2D eigenvalue weighted by Crippen LogP contribution is -1.99. The fourth-order valence-electron chi connectivity index (χ4n) is 2.89. The molecule has 0 fully saturated rings. The van der Waals surface area contributed by atoms with Gasteiger partial charge in [-0.05, 0) is 53.8 Å². The van der Waals surface area contributed by atoms with Gasteiger partial charge in [-0.1, -0.05) is 12.1 Å². The molecule has 0 amide bonds. The SMILES string of the molecule is Cc1cc(S(=O)(=O)O)cc2ccc(N=Nc3ccc(CO)cc3S(=O)(=O)O)c(O)c12. The summed E-state index contributed by atoms with van der Waals surface area (Å²) in [6.45, 7) is 1.08. The van der Waals surface area contributed by atoms with Crippen molar-refractivity contribution >= 4 is 42.4 Å². The molecule has 3 rings (SSSR count). The zero-order chi connectivity index (χ0) is 22.3. The minimum absolute atomic E-state index is 0.0438. The van der Waals surface area contributed by atoms with Crippen molar-refractivity contribution in [3.05, 3.63) is 53.6 Å². The number of hydrogen-bond acceptors (Lipinski definition) is 8. The van der Waals surface area contributed by atoms with Crippen molar-refractivity contribution in [3.8, 4) is 5.75 Å². The zero-order valence-electron chi connectivity index (χ0n) is 15.4. The van der Waals surface area contributed by atoms with Gasteiger partial charge in [-0.25, -0.2) is 0 Å². The number of benzene rings is 3. The van der Waals surface area contributed by atoms with Crippen LogP contribution in [0.25, 0.3) is 10.8 Å². The van der Waals surface area contributed by atoms with E-state index in [1.807, 2.05) is 0 Å². The molecular formula is C18H16N2O8S2. The molecule has 0 aliphatic heterocycles. The lowest BCUT2D eigenvalue weighted by molar-refractivity contribution is 0.281. The van der Waals surface area contributed by atoms with Crippen LogP contribution in [0.2, 0.25) is 0 Å². The van der Waals surface area contributed by atoms with E-state index in [-0.39, 0.29) is 33.0 Å². The van der Waals surface area contributed by atoms with Crippen LogP contribution < -0.4 is 0 Å². The third-order valence-electron chi connectivity index (χ3n) is 4.29. The number of aliphatic hydroxyl groups is 1. The van der Waals surface area contributed by atoms with Crippen molar-refractivity contribution in [2.45, 2.75) is 23.3 Å². The topological polar surface area (TPSA) is 174 Å². The Labute approximate surface area is 171 Å². The molecule has 3 aromatic carbocycles. The molecule has 0 aromatic heterocycles. The van der Waals surface area contributed by atoms with Gasteiger partial charge in [0.15, 0.2) is 5.75 Å². The lowest BCUT2D eigenvalue weighted by atomic mass is 10.0. The average Bonchev–Trinajstić information content (AvgIpc) is 2.65. The molecule has 30 heavy (non-hydrogen) atoms. The van der Waals surface area contributed by atoms with E-state index in [4.69, 9.17) is 5.11 Å². The number of phenols is 1. The summed E-state index contributed by atoms with van der Waals surface area (Å²) in [4.78, 5) is -0.893. The smallest absolute Gasteiger partial charge is 0.296 e. The molecule has 3 aromatic rings. The van der Waals surface area contributed by atoms with Crippen molar-refractivity contribution in [1.82, 2.24) is 0 Å². The second-order valence-electron chi connectivity index (χ2n) is 6.38. The predicted molar refractivity (Wildman–Crippen MR) is 107 cm³/mol. The Bertz CT molecular complexity index is 1400. The number of azo groups is 1. The third kappa shape index (κ3) is 4.32. The van der Waals surface area contributed by atoms with Gasteiger partial charge in [-0.3, -0.25) is 9.11 Å². The molecule has 0 spiro atoms. The summed E-state index contributed by atoms with van der Waals surface area (Å²) in [5.74, 6) is -0.337. The highest BCUT2D eigenvalue weighted by molar-refractivity contribution is 7.86. The van der Waals surface area contributed by atoms with E-state index in [1.54, 1.807) is 0 Å². The maximum Gasteiger partial charge on any atom is 0.296 e. The monoisotopic (exact) mass is 452 g/mol. The number of nitrogens with zero attached hydrogens (tertiary/aromatic N) is 2. The molecule has 0 heterocycles. The van der Waals surface area contributed by atoms with Crippen LogP contribution in [-0.4, -0.2) is 36.2 Å². The Kier molecular flexibility index (Phi) is 5.62. The van der Waals surface area contributed by atoms with Gasteiger partial charge in [-0.15, -0.1) is 10.2 Å². The first-order chi connectivity index (χ1) is 13.9. The molecular weight excluding hydrogens is 436 g/mol. The van der Waals surface area contributed by atoms with E-state index in [0.717, 1.165) is 6.07 Å². The first kappa shape index (κ1) is 21.8. The molecule has 0 radical (unpaired) electrons. The van der Waals surface area contributed by atoms with Gasteiger partial charge in [0, 0.05) is 5.39 Å². The second kappa shape index (κ2) is 7.74. The molecule has 0 unspecified atom stereocenters. The highest BCUT2D eigenvalue weighted by Crippen LogP contribution is 2.39. The van der Waals surface area contributed by atoms with Gasteiger partial charge in [0.05, 0.1) is 11.5 Å². The summed E-state index contributed by atoms with van der Waals surface area (Å²) in [5.41, 5.74) is 0.325. The van der Waals surface area contributed by atoms with Gasteiger partial charge in [-0.2, -0.15) is 16.8 Å². The van der Waals surface area contributed by atoms with Gasteiger partial charge < -0.3 is 10.2 Å². The molecule has 10 nitrogen and oxygen atoms in total. The maximum absolute atomic E-state index is 11.6. The third-order valence-corrected chi connectivity index (χ3v) is 6.00. The minimum Gasteiger partial charge on any atom is -0.505 e. The zero-order valence-corrected chi connectivity index (χ0v) is 17.0. The molecule has 158 valence electrons. The van der Waals surface area contributed by atoms with E-state index >= 15 is 0 Å². The van der Waals surface area contributed by atoms with Gasteiger partial charge in [0.25, 0.3) is 20.2 Å².